The number of hydrogen-bond donors (Lipinski definition) is 0. The van der Waals surface area contributed by atoms with Crippen molar-refractivity contribution in [3.63, 3.8) is 0 Å². The third kappa shape index (κ3) is 6.34. The second-order valence-corrected chi connectivity index (χ2v) is 57.0. The number of furan rings is 2. The van der Waals surface area contributed by atoms with Gasteiger partial charge in [0.25, 0.3) is 0 Å². The van der Waals surface area contributed by atoms with Gasteiger partial charge in [0.1, 0.15) is 0 Å². The van der Waals surface area contributed by atoms with Gasteiger partial charge >= 0.3 is 377 Å². The first-order valence-corrected chi connectivity index (χ1v) is 37.4. The van der Waals surface area contributed by atoms with Gasteiger partial charge in [0.2, 0.25) is 0 Å². The molecule has 0 radical (unpaired) electrons. The quantitative estimate of drug-likeness (QED) is 0.142. The van der Waals surface area contributed by atoms with E-state index < -0.39 is 20.4 Å². The van der Waals surface area contributed by atoms with Gasteiger partial charge in [-0.05, 0) is 0 Å². The molecule has 2 aromatic heterocycles. The maximum atomic E-state index is 9.22. The zero-order chi connectivity index (χ0) is 43.3. The summed E-state index contributed by atoms with van der Waals surface area (Å²) in [4.78, 5) is 0. The molecular weight excluding hydrogens is 895 g/mol. The van der Waals surface area contributed by atoms with Crippen LogP contribution in [0, 0.1) is 27.7 Å². The van der Waals surface area contributed by atoms with E-state index in [0.29, 0.717) is 0 Å². The molecule has 2 aliphatic carbocycles. The van der Waals surface area contributed by atoms with E-state index in [1.165, 1.54) is 77.9 Å². The van der Waals surface area contributed by atoms with E-state index in [2.05, 4.69) is 176 Å². The topological polar surface area (TPSA) is 26.3 Å². The van der Waals surface area contributed by atoms with Crippen molar-refractivity contribution in [2.75, 3.05) is 0 Å². The Morgan fingerprint density at radius 3 is 1.29 bits per heavy atom. The predicted octanol–water partition coefficient (Wildman–Crippen LogP) is 17.0. The van der Waals surface area contributed by atoms with Crippen molar-refractivity contribution in [3.8, 4) is 22.3 Å². The second kappa shape index (κ2) is 15.4. The first-order chi connectivity index (χ1) is 29.8. The van der Waals surface area contributed by atoms with Crippen molar-refractivity contribution in [2.45, 2.75) is 74.7 Å². The number of aryl methyl sites for hydroxylation is 6. The summed E-state index contributed by atoms with van der Waals surface area (Å²) in [6, 6.07) is 40.3. The van der Waals surface area contributed by atoms with E-state index in [0.717, 1.165) is 57.1 Å². The van der Waals surface area contributed by atoms with Crippen molar-refractivity contribution in [3.05, 3.63) is 189 Å². The van der Waals surface area contributed by atoms with Gasteiger partial charge in [0.05, 0.1) is 0 Å². The summed E-state index contributed by atoms with van der Waals surface area (Å²) in [5.41, 5.74) is 18.1. The van der Waals surface area contributed by atoms with Gasteiger partial charge in [-0.15, -0.1) is 0 Å². The van der Waals surface area contributed by atoms with E-state index >= 15 is 0 Å². The van der Waals surface area contributed by atoms with E-state index in [4.69, 9.17) is 8.83 Å². The minimum absolute atomic E-state index is 0.278. The molecule has 2 heterocycles. The Balaban J connectivity index is 1.33. The molecule has 0 aliphatic heterocycles. The average Bonchev–Trinajstić information content (AvgIpc) is 4.04. The van der Waals surface area contributed by atoms with Crippen LogP contribution >= 0.6 is 17.0 Å². The molecular formula is C56H52Cl2O2SiZr. The van der Waals surface area contributed by atoms with Crippen molar-refractivity contribution in [1.29, 1.82) is 0 Å². The minimum atomic E-state index is -5.58. The van der Waals surface area contributed by atoms with Crippen molar-refractivity contribution in [2.24, 2.45) is 0 Å². The van der Waals surface area contributed by atoms with Gasteiger partial charge < -0.3 is 0 Å². The van der Waals surface area contributed by atoms with Crippen LogP contribution in [0.1, 0.15) is 88.3 Å². The van der Waals surface area contributed by atoms with Crippen LogP contribution < -0.4 is 0 Å². The molecule has 6 heteroatoms. The standard InChI is InChI=1S/2C27H23O.C2H6Si.2ClH.Zr/c2*1-4-19-9-10-20-14-23(27-24-8-6-5-7-21(24)16-28-27)15-25(20)26(19)22-12-17(2)11-18(3)13-22;1-3-2;;;/h2*5-16H,4H2,1-3H3;1-2H3;2*1H;/q;;;;;+2/p-2. The molecule has 310 valence electrons. The number of allylic oxidation sites excluding steroid dienone is 2. The number of rotatable bonds is 8. The van der Waals surface area contributed by atoms with Gasteiger partial charge in [0.15, 0.2) is 0 Å². The summed E-state index contributed by atoms with van der Waals surface area (Å²) in [5, 5.41) is 4.30. The van der Waals surface area contributed by atoms with Crippen LogP contribution in [-0.2, 0) is 27.9 Å². The Morgan fingerprint density at radius 2 is 0.919 bits per heavy atom. The third-order valence-corrected chi connectivity index (χ3v) is 60.2. The zero-order valence-corrected chi connectivity index (χ0v) is 41.8. The molecule has 0 amide bonds. The van der Waals surface area contributed by atoms with Crippen LogP contribution in [0.2, 0.25) is 13.1 Å². The zero-order valence-electron chi connectivity index (χ0n) is 36.8. The molecule has 62 heavy (non-hydrogen) atoms. The Bertz CT molecular complexity index is 3060. The molecule has 2 atom stereocenters. The molecule has 0 spiro atoms. The fourth-order valence-corrected chi connectivity index (χ4v) is 38.8. The van der Waals surface area contributed by atoms with Gasteiger partial charge in [-0.3, -0.25) is 0 Å². The molecule has 0 bridgehead atoms. The molecule has 0 fully saturated rings. The number of halogens is 2. The van der Waals surface area contributed by atoms with Crippen LogP contribution in [-0.4, -0.2) is 5.43 Å². The van der Waals surface area contributed by atoms with E-state index in [1.54, 1.807) is 0 Å². The molecule has 10 rings (SSSR count). The number of hydrogen-bond acceptors (Lipinski definition) is 2. The van der Waals surface area contributed by atoms with Crippen LogP contribution in [0.25, 0.3) is 67.1 Å². The fraction of sp³-hybridized carbons (Fsp3) is 0.214. The summed E-state index contributed by atoms with van der Waals surface area (Å²) in [7, 11) is 18.4. The van der Waals surface area contributed by atoms with E-state index in [-0.39, 0.29) is 7.25 Å². The molecule has 2 unspecified atom stereocenters. The normalized spacial score (nSPS) is 16.2. The summed E-state index contributed by atoms with van der Waals surface area (Å²) in [6.45, 7) is 18.1. The van der Waals surface area contributed by atoms with Crippen molar-refractivity contribution < 1.29 is 23.8 Å². The van der Waals surface area contributed by atoms with Gasteiger partial charge in [-0.1, -0.05) is 0 Å². The van der Waals surface area contributed by atoms with Crippen LogP contribution in [0.5, 0.6) is 0 Å². The van der Waals surface area contributed by atoms with Gasteiger partial charge in [-0.25, -0.2) is 0 Å². The van der Waals surface area contributed by atoms with Crippen molar-refractivity contribution >= 4 is 67.3 Å². The molecule has 0 saturated carbocycles. The van der Waals surface area contributed by atoms with Gasteiger partial charge in [-0.2, -0.15) is 0 Å². The molecule has 2 aliphatic rings. The third-order valence-electron chi connectivity index (χ3n) is 13.9. The molecule has 0 saturated heterocycles. The monoisotopic (exact) mass is 944 g/mol. The first kappa shape index (κ1) is 41.6. The second-order valence-electron chi connectivity index (χ2n) is 18.2. The molecule has 0 N–H and O–H groups in total. The van der Waals surface area contributed by atoms with E-state index in [1.807, 2.05) is 12.5 Å². The van der Waals surface area contributed by atoms with Crippen LogP contribution in [0.15, 0.2) is 131 Å². The Kier molecular flexibility index (Phi) is 10.3. The van der Waals surface area contributed by atoms with Crippen molar-refractivity contribution in [1.82, 2.24) is 0 Å². The molecule has 6 aromatic carbocycles. The fourth-order valence-electron chi connectivity index (χ4n) is 11.2. The first-order valence-electron chi connectivity index (χ1n) is 22.0. The predicted molar refractivity (Wildman–Crippen MR) is 264 cm³/mol. The number of fused-ring (bicyclic) bond motifs is 4. The maximum absolute atomic E-state index is 9.22. The Labute approximate surface area is 374 Å². The summed E-state index contributed by atoms with van der Waals surface area (Å²) in [5.74, 6) is 1.72. The number of benzene rings is 6. The van der Waals surface area contributed by atoms with Crippen LogP contribution in [0.4, 0.5) is 0 Å². The summed E-state index contributed by atoms with van der Waals surface area (Å²) < 4.78 is 13.0. The molecule has 8 aromatic rings. The average molecular weight is 947 g/mol. The van der Waals surface area contributed by atoms with Crippen LogP contribution in [0.3, 0.4) is 0 Å². The Hall–Kier alpha value is -4.44. The van der Waals surface area contributed by atoms with E-state index in [9.17, 15) is 17.0 Å². The SMILES string of the molecule is CCc1ccc2c(c1-c1cc(C)cc(C)c1)C=C(c1occ3ccccc13)[CH]2[Zr]([Cl])([Cl])([CH]1C(c2occ3ccccc23)=Cc2c1ccc(CC)c2-c1cc(C)cc(C)c1)=[Si](C)C. The summed E-state index contributed by atoms with van der Waals surface area (Å²) in [6.07, 6.45) is 10.4. The summed E-state index contributed by atoms with van der Waals surface area (Å²) >= 11 is -5.58. The van der Waals surface area contributed by atoms with Gasteiger partial charge in [0, 0.05) is 0 Å². The Morgan fingerprint density at radius 1 is 0.532 bits per heavy atom. The molecule has 2 nitrogen and oxygen atoms in total.